The van der Waals surface area contributed by atoms with Crippen LogP contribution >= 0.6 is 0 Å². The van der Waals surface area contributed by atoms with Crippen molar-refractivity contribution >= 4 is 5.91 Å². The average molecular weight is 242 g/mol. The number of carbonyl (C=O) groups is 1. The van der Waals surface area contributed by atoms with E-state index in [9.17, 15) is 4.79 Å². The lowest BCUT2D eigenvalue weighted by molar-refractivity contribution is -0.122. The summed E-state index contributed by atoms with van der Waals surface area (Å²) in [4.78, 5) is 16.1. The molecule has 1 atom stereocenters. The summed E-state index contributed by atoms with van der Waals surface area (Å²) >= 11 is 0. The summed E-state index contributed by atoms with van der Waals surface area (Å²) in [5.74, 6) is 0.139. The number of amides is 1. The molecule has 5 nitrogen and oxygen atoms in total. The minimum absolute atomic E-state index is 0.139. The Bertz CT molecular complexity index is 225. The van der Waals surface area contributed by atoms with E-state index in [1.165, 1.54) is 0 Å². The maximum Gasteiger partial charge on any atom is 0.234 e. The van der Waals surface area contributed by atoms with E-state index in [0.717, 1.165) is 39.1 Å². The van der Waals surface area contributed by atoms with Crippen LogP contribution in [0.3, 0.4) is 0 Å². The third kappa shape index (κ3) is 6.00. The van der Waals surface area contributed by atoms with E-state index in [4.69, 9.17) is 0 Å². The van der Waals surface area contributed by atoms with Crippen LogP contribution in [0.1, 0.15) is 13.3 Å². The second-order valence-corrected chi connectivity index (χ2v) is 5.00. The van der Waals surface area contributed by atoms with Gasteiger partial charge in [-0.25, -0.2) is 0 Å². The number of nitrogens with zero attached hydrogens (tertiary/aromatic N) is 2. The van der Waals surface area contributed by atoms with Gasteiger partial charge in [-0.15, -0.1) is 0 Å². The van der Waals surface area contributed by atoms with Gasteiger partial charge >= 0.3 is 0 Å². The van der Waals surface area contributed by atoms with Crippen molar-refractivity contribution in [1.82, 2.24) is 20.4 Å². The van der Waals surface area contributed by atoms with E-state index in [1.54, 1.807) is 0 Å². The fourth-order valence-corrected chi connectivity index (χ4v) is 1.76. The molecular weight excluding hydrogens is 216 g/mol. The Labute approximate surface area is 105 Å². The molecule has 1 aliphatic heterocycles. The molecule has 0 aliphatic carbocycles. The highest BCUT2D eigenvalue weighted by Gasteiger charge is 2.13. The summed E-state index contributed by atoms with van der Waals surface area (Å²) in [6, 6.07) is 0.379. The Morgan fingerprint density at radius 3 is 2.88 bits per heavy atom. The highest BCUT2D eigenvalue weighted by molar-refractivity contribution is 5.78. The largest absolute Gasteiger partial charge is 0.353 e. The summed E-state index contributed by atoms with van der Waals surface area (Å²) in [6.45, 7) is 7.40. The van der Waals surface area contributed by atoms with Crippen LogP contribution in [0, 0.1) is 0 Å². The monoisotopic (exact) mass is 242 g/mol. The number of carbonyl (C=O) groups excluding carboxylic acids is 1. The molecule has 17 heavy (non-hydrogen) atoms. The molecule has 0 aromatic carbocycles. The maximum absolute atomic E-state index is 11.8. The number of hydrogen-bond donors (Lipinski definition) is 2. The Morgan fingerprint density at radius 2 is 2.18 bits per heavy atom. The molecule has 0 aromatic heterocycles. The minimum Gasteiger partial charge on any atom is -0.353 e. The lowest BCUT2D eigenvalue weighted by Gasteiger charge is -2.22. The molecule has 0 bridgehead atoms. The zero-order valence-corrected chi connectivity index (χ0v) is 11.3. The first-order chi connectivity index (χ1) is 8.09. The molecule has 1 amide bonds. The van der Waals surface area contributed by atoms with Crippen molar-refractivity contribution < 1.29 is 4.79 Å². The SMILES string of the molecule is CC(CNC(=O)CN1CCCNCC1)N(C)C. The summed E-state index contributed by atoms with van der Waals surface area (Å²) in [6.07, 6.45) is 1.13. The van der Waals surface area contributed by atoms with Crippen LogP contribution in [0.15, 0.2) is 0 Å². The normalized spacial score (nSPS) is 20.0. The van der Waals surface area contributed by atoms with Crippen LogP contribution in [0.5, 0.6) is 0 Å². The zero-order chi connectivity index (χ0) is 12.7. The first-order valence-electron chi connectivity index (χ1n) is 6.46. The van der Waals surface area contributed by atoms with Crippen LogP contribution in [-0.4, -0.2) is 75.1 Å². The predicted molar refractivity (Wildman–Crippen MR) is 70.1 cm³/mol. The average Bonchev–Trinajstić information content (AvgIpc) is 2.54. The van der Waals surface area contributed by atoms with Gasteiger partial charge in [-0.3, -0.25) is 9.69 Å². The molecule has 1 unspecified atom stereocenters. The van der Waals surface area contributed by atoms with Crippen LogP contribution in [0.25, 0.3) is 0 Å². The lowest BCUT2D eigenvalue weighted by atomic mass is 10.3. The molecule has 2 N–H and O–H groups in total. The molecule has 0 spiro atoms. The van der Waals surface area contributed by atoms with Crippen molar-refractivity contribution in [2.24, 2.45) is 0 Å². The quantitative estimate of drug-likeness (QED) is 0.672. The van der Waals surface area contributed by atoms with Gasteiger partial charge in [0.2, 0.25) is 5.91 Å². The molecule has 100 valence electrons. The zero-order valence-electron chi connectivity index (χ0n) is 11.3. The number of hydrogen-bond acceptors (Lipinski definition) is 4. The Morgan fingerprint density at radius 1 is 1.41 bits per heavy atom. The second-order valence-electron chi connectivity index (χ2n) is 5.00. The highest BCUT2D eigenvalue weighted by Crippen LogP contribution is 1.95. The topological polar surface area (TPSA) is 47.6 Å². The van der Waals surface area contributed by atoms with Gasteiger partial charge in [0.15, 0.2) is 0 Å². The standard InChI is InChI=1S/C12H26N4O/c1-11(15(2)3)9-14-12(17)10-16-7-4-5-13-6-8-16/h11,13H,4-10H2,1-3H3,(H,14,17). The van der Waals surface area contributed by atoms with Crippen molar-refractivity contribution in [3.05, 3.63) is 0 Å². The fourth-order valence-electron chi connectivity index (χ4n) is 1.76. The van der Waals surface area contributed by atoms with Crippen LogP contribution < -0.4 is 10.6 Å². The summed E-state index contributed by atoms with van der Waals surface area (Å²) in [7, 11) is 4.05. The third-order valence-corrected chi connectivity index (χ3v) is 3.28. The van der Waals surface area contributed by atoms with Gasteiger partial charge in [0.25, 0.3) is 0 Å². The Balaban J connectivity index is 2.19. The Kier molecular flexibility index (Phi) is 6.47. The predicted octanol–water partition coefficient (Wildman–Crippen LogP) is -0.652. The van der Waals surface area contributed by atoms with Crippen molar-refractivity contribution in [3.8, 4) is 0 Å². The fraction of sp³-hybridized carbons (Fsp3) is 0.917. The molecular formula is C12H26N4O. The van der Waals surface area contributed by atoms with Gasteiger partial charge in [0.05, 0.1) is 6.54 Å². The molecule has 1 rings (SSSR count). The van der Waals surface area contributed by atoms with E-state index >= 15 is 0 Å². The van der Waals surface area contributed by atoms with Gasteiger partial charge < -0.3 is 15.5 Å². The smallest absolute Gasteiger partial charge is 0.234 e. The van der Waals surface area contributed by atoms with Gasteiger partial charge in [0.1, 0.15) is 0 Å². The first-order valence-corrected chi connectivity index (χ1v) is 6.46. The van der Waals surface area contributed by atoms with Crippen molar-refractivity contribution in [3.63, 3.8) is 0 Å². The highest BCUT2D eigenvalue weighted by atomic mass is 16.2. The molecule has 5 heteroatoms. The van der Waals surface area contributed by atoms with E-state index in [-0.39, 0.29) is 5.91 Å². The van der Waals surface area contributed by atoms with E-state index in [2.05, 4.69) is 27.4 Å². The van der Waals surface area contributed by atoms with Crippen LogP contribution in [-0.2, 0) is 4.79 Å². The second kappa shape index (κ2) is 7.63. The van der Waals surface area contributed by atoms with Gasteiger partial charge in [-0.1, -0.05) is 0 Å². The summed E-state index contributed by atoms with van der Waals surface area (Å²) in [5, 5.41) is 6.32. The van der Waals surface area contributed by atoms with E-state index in [1.807, 2.05) is 14.1 Å². The molecule has 1 fully saturated rings. The summed E-state index contributed by atoms with van der Waals surface area (Å²) in [5.41, 5.74) is 0. The maximum atomic E-state index is 11.8. The van der Waals surface area contributed by atoms with E-state index < -0.39 is 0 Å². The van der Waals surface area contributed by atoms with Crippen molar-refractivity contribution in [1.29, 1.82) is 0 Å². The van der Waals surface area contributed by atoms with E-state index in [0.29, 0.717) is 12.6 Å². The first kappa shape index (κ1) is 14.4. The number of likely N-dealkylation sites (N-methyl/N-ethyl adjacent to an activating group) is 1. The summed E-state index contributed by atoms with van der Waals surface area (Å²) < 4.78 is 0. The number of nitrogens with one attached hydrogen (secondary N) is 2. The molecule has 1 aliphatic rings. The minimum atomic E-state index is 0.139. The van der Waals surface area contributed by atoms with Gasteiger partial charge in [0, 0.05) is 25.7 Å². The Hall–Kier alpha value is -0.650. The van der Waals surface area contributed by atoms with Gasteiger partial charge in [-0.05, 0) is 40.5 Å². The molecule has 1 heterocycles. The number of rotatable bonds is 5. The van der Waals surface area contributed by atoms with Crippen LogP contribution in [0.2, 0.25) is 0 Å². The van der Waals surface area contributed by atoms with Crippen molar-refractivity contribution in [2.75, 3.05) is 53.4 Å². The molecule has 0 aromatic rings. The lowest BCUT2D eigenvalue weighted by Crippen LogP contribution is -2.43. The van der Waals surface area contributed by atoms with Gasteiger partial charge in [-0.2, -0.15) is 0 Å². The van der Waals surface area contributed by atoms with Crippen LogP contribution in [0.4, 0.5) is 0 Å². The molecule has 0 radical (unpaired) electrons. The third-order valence-electron chi connectivity index (χ3n) is 3.28. The molecule has 1 saturated heterocycles. The van der Waals surface area contributed by atoms with Crippen molar-refractivity contribution in [2.45, 2.75) is 19.4 Å². The molecule has 0 saturated carbocycles.